The summed E-state index contributed by atoms with van der Waals surface area (Å²) >= 11 is 0. The zero-order valence-corrected chi connectivity index (χ0v) is 34.9. The molecule has 0 aliphatic carbocycles. The first kappa shape index (κ1) is 37.1. The molecule has 0 spiro atoms. The topological polar surface area (TPSA) is 14.2 Å². The highest BCUT2D eigenvalue weighted by molar-refractivity contribution is 6.17. The molecule has 298 valence electrons. The summed E-state index contributed by atoms with van der Waals surface area (Å²) in [7, 11) is 0. The molecule has 0 saturated carbocycles. The number of rotatable bonds is 7. The van der Waals surface area contributed by atoms with Crippen LogP contribution in [0.1, 0.15) is 0 Å². The summed E-state index contributed by atoms with van der Waals surface area (Å²) < 4.78 is 4.83. The maximum atomic E-state index is 7.57. The SMILES string of the molecule is [C-]#[N+]c1ccc(-c2cccc3c2c2cc(-c4ccc5c(c4)c4ccccc4n5-c4ccc(-c5ccccc5)cc4-c4ccccc4)ccc2n3-c2ccc(-c3ccccc3)cc2)cc1. The molecule has 2 heterocycles. The molecule has 0 aliphatic rings. The molecule has 0 amide bonds. The van der Waals surface area contributed by atoms with Gasteiger partial charge < -0.3 is 9.13 Å². The van der Waals surface area contributed by atoms with Gasteiger partial charge in [-0.2, -0.15) is 0 Å². The lowest BCUT2D eigenvalue weighted by Gasteiger charge is -2.16. The highest BCUT2D eigenvalue weighted by Crippen LogP contribution is 2.43. The van der Waals surface area contributed by atoms with Crippen LogP contribution in [0, 0.1) is 6.57 Å². The first-order valence-corrected chi connectivity index (χ1v) is 21.7. The van der Waals surface area contributed by atoms with Gasteiger partial charge in [0.25, 0.3) is 0 Å². The van der Waals surface area contributed by atoms with Gasteiger partial charge in [-0.3, -0.25) is 0 Å². The van der Waals surface area contributed by atoms with Crippen molar-refractivity contribution in [2.45, 2.75) is 0 Å². The molecule has 2 aromatic heterocycles. The molecule has 10 aromatic carbocycles. The van der Waals surface area contributed by atoms with Gasteiger partial charge in [0.15, 0.2) is 5.69 Å². The lowest BCUT2D eigenvalue weighted by atomic mass is 9.96. The summed E-state index contributed by atoms with van der Waals surface area (Å²) in [5.41, 5.74) is 19.2. The Balaban J connectivity index is 1.04. The number of nitrogens with zero attached hydrogens (tertiary/aromatic N) is 3. The van der Waals surface area contributed by atoms with Gasteiger partial charge in [-0.1, -0.05) is 176 Å². The van der Waals surface area contributed by atoms with Crippen LogP contribution in [0.4, 0.5) is 5.69 Å². The minimum Gasteiger partial charge on any atom is -0.309 e. The lowest BCUT2D eigenvalue weighted by Crippen LogP contribution is -1.98. The summed E-state index contributed by atoms with van der Waals surface area (Å²) in [5.74, 6) is 0. The van der Waals surface area contributed by atoms with E-state index in [1.807, 2.05) is 12.1 Å². The summed E-state index contributed by atoms with van der Waals surface area (Å²) in [6.45, 7) is 7.57. The minimum absolute atomic E-state index is 0.636. The van der Waals surface area contributed by atoms with E-state index >= 15 is 0 Å². The van der Waals surface area contributed by atoms with E-state index in [4.69, 9.17) is 6.57 Å². The van der Waals surface area contributed by atoms with Crippen molar-refractivity contribution in [2.75, 3.05) is 0 Å². The number of hydrogen-bond donors (Lipinski definition) is 0. The molecule has 0 saturated heterocycles. The third kappa shape index (κ3) is 6.20. The van der Waals surface area contributed by atoms with E-state index in [-0.39, 0.29) is 0 Å². The van der Waals surface area contributed by atoms with Crippen molar-refractivity contribution in [3.63, 3.8) is 0 Å². The molecule has 0 atom stereocenters. The fourth-order valence-corrected chi connectivity index (χ4v) is 9.72. The summed E-state index contributed by atoms with van der Waals surface area (Å²) in [6, 6.07) is 85.0. The van der Waals surface area contributed by atoms with E-state index in [1.54, 1.807) is 0 Å². The maximum Gasteiger partial charge on any atom is 0.187 e. The number of aromatic nitrogens is 2. The van der Waals surface area contributed by atoms with Gasteiger partial charge in [0.05, 0.1) is 34.3 Å². The third-order valence-electron chi connectivity index (χ3n) is 12.8. The molecular formula is C61H39N3. The van der Waals surface area contributed by atoms with E-state index < -0.39 is 0 Å². The molecule has 64 heavy (non-hydrogen) atoms. The summed E-state index contributed by atoms with van der Waals surface area (Å²) in [5, 5.41) is 4.79. The fourth-order valence-electron chi connectivity index (χ4n) is 9.72. The molecule has 0 unspecified atom stereocenters. The normalized spacial score (nSPS) is 11.4. The van der Waals surface area contributed by atoms with Crippen LogP contribution in [0.5, 0.6) is 0 Å². The van der Waals surface area contributed by atoms with Crippen molar-refractivity contribution >= 4 is 49.3 Å². The van der Waals surface area contributed by atoms with Crippen molar-refractivity contribution in [1.29, 1.82) is 0 Å². The largest absolute Gasteiger partial charge is 0.309 e. The molecule has 12 rings (SSSR count). The van der Waals surface area contributed by atoms with Crippen molar-refractivity contribution in [1.82, 2.24) is 9.13 Å². The van der Waals surface area contributed by atoms with Crippen LogP contribution in [0.25, 0.3) is 115 Å². The number of para-hydroxylation sites is 1. The Morgan fingerprint density at radius 2 is 0.781 bits per heavy atom. The van der Waals surface area contributed by atoms with Gasteiger partial charge in [-0.15, -0.1) is 0 Å². The second kappa shape index (κ2) is 15.3. The average molecular weight is 814 g/mol. The second-order valence-corrected chi connectivity index (χ2v) is 16.4. The molecular weight excluding hydrogens is 775 g/mol. The fraction of sp³-hybridized carbons (Fsp3) is 0. The highest BCUT2D eigenvalue weighted by Gasteiger charge is 2.20. The summed E-state index contributed by atoms with van der Waals surface area (Å²) in [6.07, 6.45) is 0. The van der Waals surface area contributed by atoms with E-state index in [0.717, 1.165) is 50.2 Å². The first-order valence-electron chi connectivity index (χ1n) is 21.7. The van der Waals surface area contributed by atoms with Crippen molar-refractivity contribution < 1.29 is 0 Å². The molecule has 0 bridgehead atoms. The Hall–Kier alpha value is -8.71. The van der Waals surface area contributed by atoms with E-state index in [2.05, 4.69) is 238 Å². The number of benzene rings is 10. The van der Waals surface area contributed by atoms with Crippen LogP contribution < -0.4 is 0 Å². The van der Waals surface area contributed by atoms with Gasteiger partial charge in [0.2, 0.25) is 0 Å². The van der Waals surface area contributed by atoms with E-state index in [9.17, 15) is 0 Å². The Bertz CT molecular complexity index is 3740. The minimum atomic E-state index is 0.636. The van der Waals surface area contributed by atoms with Crippen LogP contribution in [-0.4, -0.2) is 9.13 Å². The smallest absolute Gasteiger partial charge is 0.187 e. The first-order chi connectivity index (χ1) is 31.7. The van der Waals surface area contributed by atoms with Gasteiger partial charge in [-0.05, 0) is 111 Å². The van der Waals surface area contributed by atoms with Crippen LogP contribution in [0.3, 0.4) is 0 Å². The van der Waals surface area contributed by atoms with Crippen LogP contribution >= 0.6 is 0 Å². The number of fused-ring (bicyclic) bond motifs is 6. The van der Waals surface area contributed by atoms with Crippen molar-refractivity contribution in [2.24, 2.45) is 0 Å². The van der Waals surface area contributed by atoms with E-state index in [1.165, 1.54) is 60.4 Å². The third-order valence-corrected chi connectivity index (χ3v) is 12.8. The molecule has 3 heteroatoms. The second-order valence-electron chi connectivity index (χ2n) is 16.4. The highest BCUT2D eigenvalue weighted by atomic mass is 15.0. The van der Waals surface area contributed by atoms with Crippen LogP contribution in [0.2, 0.25) is 0 Å². The van der Waals surface area contributed by atoms with Gasteiger partial charge >= 0.3 is 0 Å². The monoisotopic (exact) mass is 813 g/mol. The Kier molecular flexibility index (Phi) is 8.88. The Morgan fingerprint density at radius 1 is 0.297 bits per heavy atom. The zero-order valence-electron chi connectivity index (χ0n) is 34.9. The van der Waals surface area contributed by atoms with Crippen molar-refractivity contribution in [3.05, 3.63) is 248 Å². The molecule has 0 N–H and O–H groups in total. The van der Waals surface area contributed by atoms with Gasteiger partial charge in [0.1, 0.15) is 0 Å². The molecule has 3 nitrogen and oxygen atoms in total. The standard InChI is InChI=1S/C61H39N3/c1-62-49-31-24-45(25-32-49)51-21-13-23-60-61(51)55-40-48(30-37-59(55)63(60)50-33-26-43(27-34-50)41-14-5-2-6-15-41)47-29-36-58-54(39-47)52-20-11-12-22-56(52)64(58)57-35-28-46(42-16-7-3-8-17-42)38-53(57)44-18-9-4-10-19-44/h2-40H. The van der Waals surface area contributed by atoms with E-state index in [0.29, 0.717) is 5.69 Å². The quantitative estimate of drug-likeness (QED) is 0.142. The Morgan fingerprint density at radius 3 is 1.47 bits per heavy atom. The molecule has 0 aliphatic heterocycles. The lowest BCUT2D eigenvalue weighted by molar-refractivity contribution is 1.18. The molecule has 12 aromatic rings. The van der Waals surface area contributed by atoms with Crippen LogP contribution in [-0.2, 0) is 0 Å². The van der Waals surface area contributed by atoms with Gasteiger partial charge in [0, 0.05) is 32.8 Å². The average Bonchev–Trinajstić information content (AvgIpc) is 3.89. The zero-order chi connectivity index (χ0) is 42.6. The number of hydrogen-bond acceptors (Lipinski definition) is 0. The van der Waals surface area contributed by atoms with Crippen LogP contribution in [0.15, 0.2) is 237 Å². The summed E-state index contributed by atoms with van der Waals surface area (Å²) in [4.78, 5) is 3.67. The van der Waals surface area contributed by atoms with Crippen molar-refractivity contribution in [3.8, 4) is 67.0 Å². The molecule has 0 fully saturated rings. The predicted octanol–water partition coefficient (Wildman–Crippen LogP) is 16.8. The molecule has 0 radical (unpaired) electrons. The Labute approximate surface area is 371 Å². The van der Waals surface area contributed by atoms with Gasteiger partial charge in [-0.25, -0.2) is 4.85 Å². The maximum absolute atomic E-state index is 7.57. The predicted molar refractivity (Wildman–Crippen MR) is 269 cm³/mol.